The molecule has 0 atom stereocenters. The van der Waals surface area contributed by atoms with Crippen LogP contribution in [0.25, 0.3) is 0 Å². The molecular weight excluding hydrogens is 234 g/mol. The predicted molar refractivity (Wildman–Crippen MR) is 64.2 cm³/mol. The van der Waals surface area contributed by atoms with Gasteiger partial charge in [0.2, 0.25) is 5.76 Å². The number of hydrogen-bond donors (Lipinski definition) is 2. The molecule has 0 saturated heterocycles. The molecule has 6 heteroatoms. The largest absolute Gasteiger partial charge is 0.475 e. The van der Waals surface area contributed by atoms with Gasteiger partial charge in [-0.2, -0.15) is 0 Å². The Balaban J connectivity index is 1.93. The van der Waals surface area contributed by atoms with E-state index < -0.39 is 5.97 Å². The Hall–Kier alpha value is -2.08. The van der Waals surface area contributed by atoms with Crippen molar-refractivity contribution in [1.29, 1.82) is 0 Å². The number of hydrogen-bond acceptors (Lipinski definition) is 4. The molecule has 0 aliphatic heterocycles. The van der Waals surface area contributed by atoms with E-state index in [1.807, 2.05) is 17.8 Å². The van der Waals surface area contributed by atoms with Crippen LogP contribution in [0.2, 0.25) is 0 Å². The molecule has 0 aliphatic carbocycles. The SMILES string of the molecule is Cc1cc(CNCc2nccn2C)oc1C(=O)O. The summed E-state index contributed by atoms with van der Waals surface area (Å²) in [4.78, 5) is 15.0. The molecule has 18 heavy (non-hydrogen) atoms. The number of aromatic nitrogens is 2. The Bertz CT molecular complexity index is 557. The monoisotopic (exact) mass is 249 g/mol. The zero-order valence-corrected chi connectivity index (χ0v) is 10.3. The summed E-state index contributed by atoms with van der Waals surface area (Å²) >= 11 is 0. The molecule has 0 radical (unpaired) electrons. The number of aryl methyl sites for hydroxylation is 2. The Morgan fingerprint density at radius 2 is 2.33 bits per heavy atom. The molecule has 2 heterocycles. The molecule has 2 aromatic heterocycles. The van der Waals surface area contributed by atoms with Gasteiger partial charge in [0.25, 0.3) is 0 Å². The lowest BCUT2D eigenvalue weighted by atomic mass is 10.2. The number of rotatable bonds is 5. The van der Waals surface area contributed by atoms with Crippen LogP contribution in [0.1, 0.15) is 27.7 Å². The second-order valence-electron chi connectivity index (χ2n) is 4.09. The van der Waals surface area contributed by atoms with Gasteiger partial charge < -0.3 is 19.4 Å². The van der Waals surface area contributed by atoms with Crippen LogP contribution in [0, 0.1) is 6.92 Å². The zero-order valence-electron chi connectivity index (χ0n) is 10.3. The zero-order chi connectivity index (χ0) is 13.1. The van der Waals surface area contributed by atoms with E-state index in [1.165, 1.54) is 0 Å². The van der Waals surface area contributed by atoms with Gasteiger partial charge in [0, 0.05) is 25.0 Å². The Morgan fingerprint density at radius 3 is 2.89 bits per heavy atom. The first-order valence-corrected chi connectivity index (χ1v) is 5.57. The van der Waals surface area contributed by atoms with Crippen molar-refractivity contribution >= 4 is 5.97 Å². The van der Waals surface area contributed by atoms with E-state index >= 15 is 0 Å². The van der Waals surface area contributed by atoms with Crippen LogP contribution in [0.3, 0.4) is 0 Å². The van der Waals surface area contributed by atoms with Gasteiger partial charge in [-0.15, -0.1) is 0 Å². The number of nitrogens with one attached hydrogen (secondary N) is 1. The maximum absolute atomic E-state index is 10.8. The lowest BCUT2D eigenvalue weighted by Crippen LogP contribution is -2.15. The van der Waals surface area contributed by atoms with E-state index in [4.69, 9.17) is 9.52 Å². The van der Waals surface area contributed by atoms with Crippen LogP contribution in [-0.2, 0) is 20.1 Å². The summed E-state index contributed by atoms with van der Waals surface area (Å²) in [6.45, 7) is 2.79. The molecule has 0 fully saturated rings. The topological polar surface area (TPSA) is 80.3 Å². The number of furan rings is 1. The highest BCUT2D eigenvalue weighted by Crippen LogP contribution is 2.14. The minimum absolute atomic E-state index is 0.00351. The first kappa shape index (κ1) is 12.4. The van der Waals surface area contributed by atoms with Gasteiger partial charge in [-0.05, 0) is 13.0 Å². The molecule has 0 amide bonds. The quantitative estimate of drug-likeness (QED) is 0.835. The van der Waals surface area contributed by atoms with E-state index in [-0.39, 0.29) is 5.76 Å². The van der Waals surface area contributed by atoms with Gasteiger partial charge in [0.05, 0.1) is 13.1 Å². The summed E-state index contributed by atoms with van der Waals surface area (Å²) in [7, 11) is 1.92. The summed E-state index contributed by atoms with van der Waals surface area (Å²) in [6, 6.07) is 1.73. The van der Waals surface area contributed by atoms with E-state index in [0.29, 0.717) is 24.4 Å². The van der Waals surface area contributed by atoms with E-state index in [2.05, 4.69) is 10.3 Å². The van der Waals surface area contributed by atoms with Crippen LogP contribution in [0.5, 0.6) is 0 Å². The maximum Gasteiger partial charge on any atom is 0.372 e. The second-order valence-corrected chi connectivity index (χ2v) is 4.09. The minimum Gasteiger partial charge on any atom is -0.475 e. The number of nitrogens with zero attached hydrogens (tertiary/aromatic N) is 2. The fraction of sp³-hybridized carbons (Fsp3) is 0.333. The highest BCUT2D eigenvalue weighted by Gasteiger charge is 2.13. The third kappa shape index (κ3) is 2.60. The molecule has 2 N–H and O–H groups in total. The van der Waals surface area contributed by atoms with Gasteiger partial charge in [-0.3, -0.25) is 0 Å². The second kappa shape index (κ2) is 5.05. The maximum atomic E-state index is 10.8. The summed E-state index contributed by atoms with van der Waals surface area (Å²) < 4.78 is 7.16. The van der Waals surface area contributed by atoms with Crippen molar-refractivity contribution in [1.82, 2.24) is 14.9 Å². The molecule has 0 unspecified atom stereocenters. The summed E-state index contributed by atoms with van der Waals surface area (Å²) in [5.74, 6) is 0.488. The van der Waals surface area contributed by atoms with Crippen molar-refractivity contribution in [2.45, 2.75) is 20.0 Å². The van der Waals surface area contributed by atoms with Gasteiger partial charge in [0.15, 0.2) is 0 Å². The molecule has 96 valence electrons. The molecule has 6 nitrogen and oxygen atoms in total. The fourth-order valence-electron chi connectivity index (χ4n) is 1.71. The number of carbonyl (C=O) groups is 1. The van der Waals surface area contributed by atoms with Crippen LogP contribution in [0.15, 0.2) is 22.9 Å². The first-order valence-electron chi connectivity index (χ1n) is 5.57. The van der Waals surface area contributed by atoms with Gasteiger partial charge in [0.1, 0.15) is 11.6 Å². The number of carboxylic acid groups (broad SMARTS) is 1. The van der Waals surface area contributed by atoms with E-state index in [1.54, 1.807) is 19.2 Å². The number of aromatic carboxylic acids is 1. The Morgan fingerprint density at radius 1 is 1.56 bits per heavy atom. The standard InChI is InChI=1S/C12H15N3O3/c1-8-5-9(18-11(8)12(16)17)6-13-7-10-14-3-4-15(10)2/h3-5,13H,6-7H2,1-2H3,(H,16,17). The first-order chi connectivity index (χ1) is 8.58. The van der Waals surface area contributed by atoms with Crippen molar-refractivity contribution in [3.05, 3.63) is 41.4 Å². The number of carboxylic acids is 1. The highest BCUT2D eigenvalue weighted by atomic mass is 16.4. The number of imidazole rings is 1. The molecule has 0 saturated carbocycles. The molecule has 0 aliphatic rings. The molecule has 0 spiro atoms. The highest BCUT2D eigenvalue weighted by molar-refractivity contribution is 5.86. The Labute approximate surface area is 104 Å². The van der Waals surface area contributed by atoms with Gasteiger partial charge in [-0.25, -0.2) is 9.78 Å². The van der Waals surface area contributed by atoms with Crippen molar-refractivity contribution in [3.8, 4) is 0 Å². The van der Waals surface area contributed by atoms with Crippen molar-refractivity contribution in [3.63, 3.8) is 0 Å². The fourth-order valence-corrected chi connectivity index (χ4v) is 1.71. The lowest BCUT2D eigenvalue weighted by molar-refractivity contribution is 0.0659. The van der Waals surface area contributed by atoms with E-state index in [0.717, 1.165) is 5.82 Å². The third-order valence-corrected chi connectivity index (χ3v) is 2.67. The van der Waals surface area contributed by atoms with Gasteiger partial charge in [-0.1, -0.05) is 0 Å². The smallest absolute Gasteiger partial charge is 0.372 e. The lowest BCUT2D eigenvalue weighted by Gasteiger charge is -2.02. The average molecular weight is 249 g/mol. The van der Waals surface area contributed by atoms with Crippen LogP contribution < -0.4 is 5.32 Å². The average Bonchev–Trinajstić information content (AvgIpc) is 2.86. The summed E-state index contributed by atoms with van der Waals surface area (Å²) in [6.07, 6.45) is 3.60. The Kier molecular flexibility index (Phi) is 3.47. The van der Waals surface area contributed by atoms with Crippen molar-refractivity contribution in [2.24, 2.45) is 7.05 Å². The molecule has 0 bridgehead atoms. The predicted octanol–water partition coefficient (Wildman–Crippen LogP) is 1.31. The van der Waals surface area contributed by atoms with E-state index in [9.17, 15) is 4.79 Å². The van der Waals surface area contributed by atoms with Gasteiger partial charge >= 0.3 is 5.97 Å². The molecule has 0 aromatic carbocycles. The summed E-state index contributed by atoms with van der Waals surface area (Å²) in [5, 5.41) is 12.0. The van der Waals surface area contributed by atoms with Crippen LogP contribution >= 0.6 is 0 Å². The van der Waals surface area contributed by atoms with Crippen LogP contribution in [0.4, 0.5) is 0 Å². The molecular formula is C12H15N3O3. The normalized spacial score (nSPS) is 10.8. The molecule has 2 rings (SSSR count). The molecule has 2 aromatic rings. The van der Waals surface area contributed by atoms with Crippen LogP contribution in [-0.4, -0.2) is 20.6 Å². The minimum atomic E-state index is -1.04. The summed E-state index contributed by atoms with van der Waals surface area (Å²) in [5.41, 5.74) is 0.635. The van der Waals surface area contributed by atoms with Crippen molar-refractivity contribution in [2.75, 3.05) is 0 Å². The third-order valence-electron chi connectivity index (χ3n) is 2.67. The van der Waals surface area contributed by atoms with Crippen molar-refractivity contribution < 1.29 is 14.3 Å².